The number of sulfonamides is 1. The summed E-state index contributed by atoms with van der Waals surface area (Å²) >= 11 is 5.69. The van der Waals surface area contributed by atoms with Gasteiger partial charge in [0.25, 0.3) is 0 Å². The first-order chi connectivity index (χ1) is 9.91. The molecular weight excluding hydrogens is 308 g/mol. The van der Waals surface area contributed by atoms with E-state index in [-0.39, 0.29) is 0 Å². The van der Waals surface area contributed by atoms with Gasteiger partial charge in [-0.2, -0.15) is 4.31 Å². The van der Waals surface area contributed by atoms with Crippen molar-refractivity contribution in [1.82, 2.24) is 9.21 Å². The van der Waals surface area contributed by atoms with Gasteiger partial charge in [0.2, 0.25) is 10.0 Å². The summed E-state index contributed by atoms with van der Waals surface area (Å²) in [5.74, 6) is 0.539. The molecular formula is C15H25ClN2O2S. The van der Waals surface area contributed by atoms with Crippen LogP contribution in [-0.4, -0.2) is 57.2 Å². The predicted molar refractivity (Wildman–Crippen MR) is 88.5 cm³/mol. The van der Waals surface area contributed by atoms with Crippen LogP contribution in [0.1, 0.15) is 18.9 Å². The number of aryl methyl sites for hydroxylation is 1. The zero-order valence-corrected chi connectivity index (χ0v) is 14.6. The number of rotatable bonds is 9. The Morgan fingerprint density at radius 2 is 1.71 bits per heavy atom. The van der Waals surface area contributed by atoms with Gasteiger partial charge in [-0.1, -0.05) is 19.1 Å². The van der Waals surface area contributed by atoms with E-state index >= 15 is 0 Å². The maximum atomic E-state index is 12.6. The Morgan fingerprint density at radius 1 is 1.10 bits per heavy atom. The molecule has 0 aliphatic rings. The second kappa shape index (κ2) is 8.73. The van der Waals surface area contributed by atoms with Crippen LogP contribution in [-0.2, 0) is 16.4 Å². The molecule has 1 rings (SSSR count). The van der Waals surface area contributed by atoms with Gasteiger partial charge in [-0.3, -0.25) is 0 Å². The molecule has 0 atom stereocenters. The second-order valence-corrected chi connectivity index (χ2v) is 7.55. The second-order valence-electron chi connectivity index (χ2n) is 5.24. The number of hydrogen-bond acceptors (Lipinski definition) is 3. The average Bonchev–Trinajstić information content (AvgIpc) is 2.44. The molecule has 1 aromatic rings. The van der Waals surface area contributed by atoms with Crippen LogP contribution in [0, 0.1) is 0 Å². The van der Waals surface area contributed by atoms with Crippen molar-refractivity contribution in [3.05, 3.63) is 29.8 Å². The van der Waals surface area contributed by atoms with E-state index in [9.17, 15) is 8.42 Å². The molecule has 0 saturated heterocycles. The lowest BCUT2D eigenvalue weighted by Gasteiger charge is -2.21. The van der Waals surface area contributed by atoms with Gasteiger partial charge in [0, 0.05) is 19.0 Å². The van der Waals surface area contributed by atoms with Gasteiger partial charge >= 0.3 is 0 Å². The first-order valence-electron chi connectivity index (χ1n) is 7.21. The van der Waals surface area contributed by atoms with E-state index in [2.05, 4.69) is 4.90 Å². The lowest BCUT2D eigenvalue weighted by atomic mass is 10.2. The molecule has 1 aromatic carbocycles. The van der Waals surface area contributed by atoms with Crippen LogP contribution in [0.4, 0.5) is 0 Å². The Labute approximate surface area is 133 Å². The molecule has 6 heteroatoms. The highest BCUT2D eigenvalue weighted by atomic mass is 35.5. The van der Waals surface area contributed by atoms with E-state index in [1.807, 2.05) is 33.2 Å². The Hall–Kier alpha value is -0.620. The van der Waals surface area contributed by atoms with Crippen LogP contribution in [0.3, 0.4) is 0 Å². The smallest absolute Gasteiger partial charge is 0.243 e. The summed E-state index contributed by atoms with van der Waals surface area (Å²) in [4.78, 5) is 2.41. The van der Waals surface area contributed by atoms with Gasteiger partial charge in [-0.15, -0.1) is 11.6 Å². The highest BCUT2D eigenvalue weighted by Gasteiger charge is 2.22. The largest absolute Gasteiger partial charge is 0.309 e. The summed E-state index contributed by atoms with van der Waals surface area (Å²) in [5.41, 5.74) is 1.06. The molecule has 0 spiro atoms. The minimum absolute atomic E-state index is 0.354. The molecule has 0 bridgehead atoms. The van der Waals surface area contributed by atoms with Crippen molar-refractivity contribution in [2.45, 2.75) is 24.7 Å². The number of nitrogens with zero attached hydrogens (tertiary/aromatic N) is 2. The predicted octanol–water partition coefficient (Wildman–Crippen LogP) is 2.43. The zero-order valence-electron chi connectivity index (χ0n) is 13.0. The van der Waals surface area contributed by atoms with Crippen LogP contribution in [0.15, 0.2) is 29.2 Å². The molecule has 0 unspecified atom stereocenters. The Morgan fingerprint density at radius 3 is 2.19 bits per heavy atom. The topological polar surface area (TPSA) is 40.6 Å². The molecule has 120 valence electrons. The Balaban J connectivity index is 2.80. The van der Waals surface area contributed by atoms with Gasteiger partial charge in [-0.05, 0) is 51.2 Å². The van der Waals surface area contributed by atoms with Gasteiger partial charge in [0.15, 0.2) is 0 Å². The normalized spacial score (nSPS) is 12.3. The first kappa shape index (κ1) is 18.4. The van der Waals surface area contributed by atoms with E-state index in [0.29, 0.717) is 23.9 Å². The quantitative estimate of drug-likeness (QED) is 0.652. The fourth-order valence-electron chi connectivity index (χ4n) is 2.10. The highest BCUT2D eigenvalue weighted by molar-refractivity contribution is 7.89. The molecule has 0 radical (unpaired) electrons. The van der Waals surface area contributed by atoms with E-state index in [4.69, 9.17) is 11.6 Å². The maximum Gasteiger partial charge on any atom is 0.243 e. The van der Waals surface area contributed by atoms with Crippen molar-refractivity contribution in [3.63, 3.8) is 0 Å². The minimum atomic E-state index is -3.40. The van der Waals surface area contributed by atoms with Crippen LogP contribution >= 0.6 is 11.6 Å². The summed E-state index contributed by atoms with van der Waals surface area (Å²) in [6, 6.07) is 7.02. The molecule has 0 aliphatic carbocycles. The van der Waals surface area contributed by atoms with Crippen molar-refractivity contribution >= 4 is 21.6 Å². The summed E-state index contributed by atoms with van der Waals surface area (Å²) in [6.45, 7) is 3.77. The fraction of sp³-hybridized carbons (Fsp3) is 0.600. The monoisotopic (exact) mass is 332 g/mol. The first-order valence-corrected chi connectivity index (χ1v) is 9.19. The average molecular weight is 333 g/mol. The minimum Gasteiger partial charge on any atom is -0.309 e. The zero-order chi connectivity index (χ0) is 15.9. The summed E-state index contributed by atoms with van der Waals surface area (Å²) in [6.07, 6.45) is 1.58. The van der Waals surface area contributed by atoms with E-state index in [1.54, 1.807) is 12.1 Å². The molecule has 0 heterocycles. The number of alkyl halides is 1. The van der Waals surface area contributed by atoms with Crippen LogP contribution < -0.4 is 0 Å². The molecule has 21 heavy (non-hydrogen) atoms. The molecule has 0 fully saturated rings. The number of hydrogen-bond donors (Lipinski definition) is 0. The van der Waals surface area contributed by atoms with Crippen molar-refractivity contribution < 1.29 is 8.42 Å². The summed E-state index contributed by atoms with van der Waals surface area (Å²) in [5, 5.41) is 0. The van der Waals surface area contributed by atoms with Crippen molar-refractivity contribution in [3.8, 4) is 0 Å². The van der Waals surface area contributed by atoms with Crippen LogP contribution in [0.2, 0.25) is 0 Å². The number of halogens is 1. The maximum absolute atomic E-state index is 12.6. The third-order valence-corrected chi connectivity index (χ3v) is 5.49. The summed E-state index contributed by atoms with van der Waals surface area (Å²) in [7, 11) is 0.574. The third kappa shape index (κ3) is 5.58. The Kier molecular flexibility index (Phi) is 7.66. The van der Waals surface area contributed by atoms with E-state index < -0.39 is 10.0 Å². The summed E-state index contributed by atoms with van der Waals surface area (Å²) < 4.78 is 26.7. The standard InChI is InChI=1S/C15H25ClN2O2S/c1-4-18(13-5-12-17(2)3)21(19,20)15-8-6-14(7-9-15)10-11-16/h6-9H,4-5,10-13H2,1-3H3. The third-order valence-electron chi connectivity index (χ3n) is 3.31. The van der Waals surface area contributed by atoms with Gasteiger partial charge in [0.1, 0.15) is 0 Å². The van der Waals surface area contributed by atoms with Gasteiger partial charge in [-0.25, -0.2) is 8.42 Å². The fourth-order valence-corrected chi connectivity index (χ4v) is 3.80. The molecule has 0 N–H and O–H groups in total. The van der Waals surface area contributed by atoms with E-state index in [1.165, 1.54) is 4.31 Å². The van der Waals surface area contributed by atoms with Crippen molar-refractivity contribution in [2.24, 2.45) is 0 Å². The molecule has 0 amide bonds. The van der Waals surface area contributed by atoms with Crippen LogP contribution in [0.25, 0.3) is 0 Å². The lowest BCUT2D eigenvalue weighted by Crippen LogP contribution is -2.33. The SMILES string of the molecule is CCN(CCCN(C)C)S(=O)(=O)c1ccc(CCCl)cc1. The van der Waals surface area contributed by atoms with Gasteiger partial charge in [0.05, 0.1) is 4.90 Å². The van der Waals surface area contributed by atoms with Crippen molar-refractivity contribution in [2.75, 3.05) is 39.6 Å². The molecule has 4 nitrogen and oxygen atoms in total. The van der Waals surface area contributed by atoms with Crippen LogP contribution in [0.5, 0.6) is 0 Å². The van der Waals surface area contributed by atoms with E-state index in [0.717, 1.165) is 24.9 Å². The number of benzene rings is 1. The Bertz CT molecular complexity index is 515. The molecule has 0 aliphatic heterocycles. The molecule has 0 aromatic heterocycles. The van der Waals surface area contributed by atoms with Crippen molar-refractivity contribution in [1.29, 1.82) is 0 Å². The lowest BCUT2D eigenvalue weighted by molar-refractivity contribution is 0.356. The highest BCUT2D eigenvalue weighted by Crippen LogP contribution is 2.17. The molecule has 0 saturated carbocycles. The van der Waals surface area contributed by atoms with Gasteiger partial charge < -0.3 is 4.90 Å².